The molecule has 34 heavy (non-hydrogen) atoms. The SMILES string of the molecule is Cc1cc(C)c(C(=O)P(=O)(C(=O)c2ccccc2)c2c(C)cccc2-c2ccccc2)c(C)c1. The van der Waals surface area contributed by atoms with Crippen molar-refractivity contribution in [3.8, 4) is 11.1 Å². The third-order valence-electron chi connectivity index (χ3n) is 6.12. The summed E-state index contributed by atoms with van der Waals surface area (Å²) >= 11 is 0. The van der Waals surface area contributed by atoms with Crippen molar-refractivity contribution >= 4 is 23.5 Å². The number of carbonyl (C=O) groups is 2. The number of hydrogen-bond donors (Lipinski definition) is 0. The Morgan fingerprint density at radius 3 is 1.76 bits per heavy atom. The summed E-state index contributed by atoms with van der Waals surface area (Å²) in [4.78, 5) is 28.3. The molecule has 0 aromatic heterocycles. The van der Waals surface area contributed by atoms with Gasteiger partial charge in [0.05, 0.1) is 0 Å². The molecule has 4 aromatic carbocycles. The van der Waals surface area contributed by atoms with Crippen LogP contribution in [-0.4, -0.2) is 11.0 Å². The van der Waals surface area contributed by atoms with Crippen molar-refractivity contribution in [3.05, 3.63) is 124 Å². The molecule has 4 rings (SSSR count). The number of hydrogen-bond acceptors (Lipinski definition) is 3. The third kappa shape index (κ3) is 4.08. The minimum absolute atomic E-state index is 0.267. The second-order valence-electron chi connectivity index (χ2n) is 8.70. The van der Waals surface area contributed by atoms with Crippen molar-refractivity contribution in [2.75, 3.05) is 0 Å². The Bertz CT molecular complexity index is 1410. The van der Waals surface area contributed by atoms with E-state index in [0.29, 0.717) is 22.0 Å². The minimum atomic E-state index is -4.29. The first-order valence-corrected chi connectivity index (χ1v) is 12.9. The van der Waals surface area contributed by atoms with E-state index >= 15 is 4.57 Å². The maximum Gasteiger partial charge on any atom is 0.249 e. The van der Waals surface area contributed by atoms with Gasteiger partial charge in [-0.1, -0.05) is 96.6 Å². The van der Waals surface area contributed by atoms with E-state index in [2.05, 4.69) is 0 Å². The molecule has 4 heteroatoms. The second kappa shape index (κ2) is 9.37. The third-order valence-corrected chi connectivity index (χ3v) is 8.97. The lowest BCUT2D eigenvalue weighted by Crippen LogP contribution is -2.25. The summed E-state index contributed by atoms with van der Waals surface area (Å²) in [5.41, 5.74) is 3.95. The fraction of sp³-hybridized carbons (Fsp3) is 0.133. The van der Waals surface area contributed by atoms with Crippen LogP contribution in [0, 0.1) is 27.7 Å². The maximum absolute atomic E-state index is 15.1. The first kappa shape index (κ1) is 23.6. The predicted octanol–water partition coefficient (Wildman–Crippen LogP) is 7.26. The van der Waals surface area contributed by atoms with E-state index in [1.165, 1.54) is 0 Å². The lowest BCUT2D eigenvalue weighted by atomic mass is 10.0. The highest BCUT2D eigenvalue weighted by molar-refractivity contribution is 8.01. The second-order valence-corrected chi connectivity index (χ2v) is 11.2. The van der Waals surface area contributed by atoms with Crippen molar-refractivity contribution in [2.24, 2.45) is 0 Å². The van der Waals surface area contributed by atoms with Gasteiger partial charge in [0.1, 0.15) is 0 Å². The summed E-state index contributed by atoms with van der Waals surface area (Å²) in [5.74, 6) is 0. The molecule has 1 atom stereocenters. The average Bonchev–Trinajstić information content (AvgIpc) is 2.83. The van der Waals surface area contributed by atoms with E-state index in [4.69, 9.17) is 0 Å². The molecule has 3 nitrogen and oxygen atoms in total. The van der Waals surface area contributed by atoms with Gasteiger partial charge in [0, 0.05) is 16.4 Å². The van der Waals surface area contributed by atoms with Crippen LogP contribution in [0.4, 0.5) is 0 Å². The van der Waals surface area contributed by atoms with Crippen LogP contribution in [0.5, 0.6) is 0 Å². The van der Waals surface area contributed by atoms with E-state index in [1.54, 1.807) is 30.3 Å². The van der Waals surface area contributed by atoms with Crippen LogP contribution in [0.3, 0.4) is 0 Å². The van der Waals surface area contributed by atoms with Gasteiger partial charge in [-0.3, -0.25) is 9.59 Å². The smallest absolute Gasteiger partial charge is 0.249 e. The Morgan fingerprint density at radius 2 is 1.18 bits per heavy atom. The highest BCUT2D eigenvalue weighted by Crippen LogP contribution is 2.54. The molecule has 0 amide bonds. The summed E-state index contributed by atoms with van der Waals surface area (Å²) in [7, 11) is -4.29. The number of rotatable bonds is 6. The molecule has 0 aliphatic rings. The first-order valence-electron chi connectivity index (χ1n) is 11.2. The fourth-order valence-corrected chi connectivity index (χ4v) is 7.55. The van der Waals surface area contributed by atoms with Gasteiger partial charge in [-0.2, -0.15) is 0 Å². The van der Waals surface area contributed by atoms with Crippen LogP contribution in [0.1, 0.15) is 43.0 Å². The van der Waals surface area contributed by atoms with Gasteiger partial charge < -0.3 is 4.57 Å². The van der Waals surface area contributed by atoms with Crippen molar-refractivity contribution < 1.29 is 14.2 Å². The molecular formula is C30H27O3P. The van der Waals surface area contributed by atoms with Gasteiger partial charge in [-0.15, -0.1) is 0 Å². The van der Waals surface area contributed by atoms with Crippen molar-refractivity contribution in [1.82, 2.24) is 0 Å². The topological polar surface area (TPSA) is 51.2 Å². The molecule has 4 aromatic rings. The molecule has 0 saturated heterocycles. The summed E-state index contributed by atoms with van der Waals surface area (Å²) in [6.07, 6.45) is 0. The molecule has 0 fully saturated rings. The van der Waals surface area contributed by atoms with Gasteiger partial charge in [-0.25, -0.2) is 0 Å². The molecular weight excluding hydrogens is 439 g/mol. The summed E-state index contributed by atoms with van der Waals surface area (Å²) in [5, 5.41) is 0.319. The van der Waals surface area contributed by atoms with Gasteiger partial charge in [-0.05, 0) is 55.5 Å². The van der Waals surface area contributed by atoms with Crippen LogP contribution in [-0.2, 0) is 4.57 Å². The summed E-state index contributed by atoms with van der Waals surface area (Å²) in [6.45, 7) is 7.44. The Labute approximate surface area is 200 Å². The number of carbonyl (C=O) groups excluding carboxylic acids is 2. The van der Waals surface area contributed by atoms with Crippen molar-refractivity contribution in [3.63, 3.8) is 0 Å². The normalized spacial score (nSPS) is 12.7. The zero-order valence-corrected chi connectivity index (χ0v) is 20.7. The van der Waals surface area contributed by atoms with E-state index in [1.807, 2.05) is 88.4 Å². The van der Waals surface area contributed by atoms with Gasteiger partial charge >= 0.3 is 0 Å². The Hall–Kier alpha value is -3.55. The van der Waals surface area contributed by atoms with E-state index in [-0.39, 0.29) is 5.56 Å². The Morgan fingerprint density at radius 1 is 0.618 bits per heavy atom. The van der Waals surface area contributed by atoms with E-state index in [9.17, 15) is 9.59 Å². The van der Waals surface area contributed by atoms with Gasteiger partial charge in [0.25, 0.3) is 0 Å². The molecule has 0 heterocycles. The zero-order chi connectivity index (χ0) is 24.5. The molecule has 1 unspecified atom stereocenters. The van der Waals surface area contributed by atoms with E-state index in [0.717, 1.165) is 22.3 Å². The lowest BCUT2D eigenvalue weighted by Gasteiger charge is -2.23. The molecule has 0 bridgehead atoms. The number of aryl methyl sites for hydroxylation is 4. The Balaban J connectivity index is 2.07. The lowest BCUT2D eigenvalue weighted by molar-refractivity contribution is 0.104. The van der Waals surface area contributed by atoms with Crippen LogP contribution < -0.4 is 5.30 Å². The first-order chi connectivity index (χ1) is 16.2. The average molecular weight is 467 g/mol. The summed E-state index contributed by atoms with van der Waals surface area (Å²) < 4.78 is 15.1. The van der Waals surface area contributed by atoms with E-state index < -0.39 is 18.2 Å². The summed E-state index contributed by atoms with van der Waals surface area (Å²) in [6, 6.07) is 27.3. The highest BCUT2D eigenvalue weighted by atomic mass is 31.2. The van der Waals surface area contributed by atoms with Crippen LogP contribution in [0.25, 0.3) is 11.1 Å². The highest BCUT2D eigenvalue weighted by Gasteiger charge is 2.46. The Kier molecular flexibility index (Phi) is 6.50. The zero-order valence-electron chi connectivity index (χ0n) is 19.8. The van der Waals surface area contributed by atoms with Crippen molar-refractivity contribution in [1.29, 1.82) is 0 Å². The largest absolute Gasteiger partial charge is 0.302 e. The maximum atomic E-state index is 15.1. The number of benzene rings is 4. The van der Waals surface area contributed by atoms with Crippen LogP contribution >= 0.6 is 7.14 Å². The molecule has 0 aliphatic heterocycles. The molecule has 0 aliphatic carbocycles. The van der Waals surface area contributed by atoms with Crippen LogP contribution in [0.15, 0.2) is 91.0 Å². The van der Waals surface area contributed by atoms with Gasteiger partial charge in [0.15, 0.2) is 0 Å². The standard InChI is InChI=1S/C30H27O3P/c1-20-18-22(3)27(23(4)19-20)30(32)34(33,29(31)25-15-9-6-10-16-25)28-21(2)12-11-17-26(28)24-13-7-5-8-14-24/h5-19H,1-4H3. The molecule has 0 N–H and O–H groups in total. The molecule has 0 spiro atoms. The fourth-order valence-electron chi connectivity index (χ4n) is 4.66. The minimum Gasteiger partial charge on any atom is -0.302 e. The van der Waals surface area contributed by atoms with Crippen molar-refractivity contribution in [2.45, 2.75) is 27.7 Å². The van der Waals surface area contributed by atoms with Crippen LogP contribution in [0.2, 0.25) is 0 Å². The quantitative estimate of drug-likeness (QED) is 0.281. The monoisotopic (exact) mass is 466 g/mol. The molecule has 0 saturated carbocycles. The van der Waals surface area contributed by atoms with Gasteiger partial charge in [0.2, 0.25) is 18.2 Å². The molecule has 0 radical (unpaired) electrons. The molecule has 170 valence electrons. The predicted molar refractivity (Wildman–Crippen MR) is 140 cm³/mol.